The van der Waals surface area contributed by atoms with Gasteiger partial charge in [-0.1, -0.05) is 38.1 Å². The lowest BCUT2D eigenvalue weighted by atomic mass is 9.99. The van der Waals surface area contributed by atoms with Crippen molar-refractivity contribution in [1.82, 2.24) is 15.5 Å². The second-order valence-corrected chi connectivity index (χ2v) is 7.40. The lowest BCUT2D eigenvalue weighted by molar-refractivity contribution is -0.132. The van der Waals surface area contributed by atoms with Crippen molar-refractivity contribution in [3.05, 3.63) is 35.4 Å². The van der Waals surface area contributed by atoms with Gasteiger partial charge in [0, 0.05) is 39.6 Å². The van der Waals surface area contributed by atoms with Gasteiger partial charge in [0.25, 0.3) is 0 Å². The number of carbonyl (C=O) groups excluding carboxylic acids is 1. The van der Waals surface area contributed by atoms with Gasteiger partial charge in [-0.15, -0.1) is 24.0 Å². The normalized spacial score (nSPS) is 13.8. The number of guanidine groups is 1. The summed E-state index contributed by atoms with van der Waals surface area (Å²) in [6.07, 6.45) is 4.74. The molecule has 1 aromatic rings. The summed E-state index contributed by atoms with van der Waals surface area (Å²) in [6, 6.07) is 8.42. The molecule has 27 heavy (non-hydrogen) atoms. The van der Waals surface area contributed by atoms with Crippen molar-refractivity contribution in [1.29, 1.82) is 0 Å². The van der Waals surface area contributed by atoms with Gasteiger partial charge in [-0.3, -0.25) is 9.79 Å². The van der Waals surface area contributed by atoms with Crippen LogP contribution in [0.1, 0.15) is 50.7 Å². The molecule has 1 aliphatic rings. The molecular weight excluding hydrogens is 451 g/mol. The lowest BCUT2D eigenvalue weighted by Gasteiger charge is -2.29. The largest absolute Gasteiger partial charge is 0.356 e. The topological polar surface area (TPSA) is 56.7 Å². The van der Waals surface area contributed by atoms with Crippen LogP contribution >= 0.6 is 24.0 Å². The van der Waals surface area contributed by atoms with E-state index in [1.54, 1.807) is 7.05 Å². The van der Waals surface area contributed by atoms with E-state index in [-0.39, 0.29) is 29.9 Å². The third-order valence-electron chi connectivity index (χ3n) is 4.82. The Morgan fingerprint density at radius 1 is 1.15 bits per heavy atom. The van der Waals surface area contributed by atoms with Crippen molar-refractivity contribution in [2.45, 2.75) is 52.5 Å². The van der Waals surface area contributed by atoms with Gasteiger partial charge in [-0.2, -0.15) is 0 Å². The molecule has 2 N–H and O–H groups in total. The Morgan fingerprint density at radius 3 is 2.48 bits per heavy atom. The summed E-state index contributed by atoms with van der Waals surface area (Å²) in [6.45, 7) is 7.77. The van der Waals surface area contributed by atoms with Crippen molar-refractivity contribution in [3.63, 3.8) is 0 Å². The Labute approximate surface area is 181 Å². The fraction of sp³-hybridized carbons (Fsp3) is 0.619. The molecule has 6 heteroatoms. The van der Waals surface area contributed by atoms with Gasteiger partial charge in [-0.05, 0) is 42.7 Å². The summed E-state index contributed by atoms with van der Waals surface area (Å²) in [5, 5.41) is 6.63. The summed E-state index contributed by atoms with van der Waals surface area (Å²) < 4.78 is 0. The Balaban J connectivity index is 0.00000364. The van der Waals surface area contributed by atoms with Crippen molar-refractivity contribution >= 4 is 35.8 Å². The van der Waals surface area contributed by atoms with Gasteiger partial charge in [0.05, 0.1) is 0 Å². The smallest absolute Gasteiger partial charge is 0.222 e. The highest BCUT2D eigenvalue weighted by Crippen LogP contribution is 2.19. The van der Waals surface area contributed by atoms with Gasteiger partial charge >= 0.3 is 0 Å². The van der Waals surface area contributed by atoms with E-state index in [9.17, 15) is 4.79 Å². The fourth-order valence-electron chi connectivity index (χ4n) is 3.25. The maximum absolute atomic E-state index is 12.4. The van der Waals surface area contributed by atoms with E-state index in [1.807, 2.05) is 4.90 Å². The molecule has 5 nitrogen and oxygen atoms in total. The van der Waals surface area contributed by atoms with Gasteiger partial charge < -0.3 is 15.5 Å². The molecule has 1 heterocycles. The van der Waals surface area contributed by atoms with Crippen LogP contribution in [0.15, 0.2) is 29.3 Å². The molecule has 0 bridgehead atoms. The minimum Gasteiger partial charge on any atom is -0.356 e. The second-order valence-electron chi connectivity index (χ2n) is 7.40. The van der Waals surface area contributed by atoms with E-state index in [0.29, 0.717) is 6.42 Å². The predicted octanol–water partition coefficient (Wildman–Crippen LogP) is 3.57. The number of nitrogens with zero attached hydrogens (tertiary/aromatic N) is 2. The minimum absolute atomic E-state index is 0. The van der Waals surface area contributed by atoms with Crippen molar-refractivity contribution < 1.29 is 4.79 Å². The third-order valence-corrected chi connectivity index (χ3v) is 4.82. The molecule has 0 aromatic heterocycles. The van der Waals surface area contributed by atoms with Gasteiger partial charge in [0.2, 0.25) is 5.91 Å². The molecule has 0 spiro atoms. The minimum atomic E-state index is 0. The van der Waals surface area contributed by atoms with E-state index < -0.39 is 0 Å². The van der Waals surface area contributed by atoms with E-state index in [4.69, 9.17) is 0 Å². The monoisotopic (exact) mass is 486 g/mol. The average Bonchev–Trinajstić information content (AvgIpc) is 2.65. The first-order valence-corrected chi connectivity index (χ1v) is 9.89. The van der Waals surface area contributed by atoms with E-state index in [1.165, 1.54) is 17.5 Å². The number of nitrogens with one attached hydrogen (secondary N) is 2. The lowest BCUT2D eigenvalue weighted by Crippen LogP contribution is -2.39. The number of amides is 1. The standard InChI is InChI=1S/C21H34N4O.HI/c1-17(2)8-6-13-23-21(22-3)24-14-7-11-20(26)25-15-12-18-9-4-5-10-19(18)16-25;/h4-5,9-10,17H,6-8,11-16H2,1-3H3,(H2,22,23,24);1H. The third kappa shape index (κ3) is 8.49. The van der Waals surface area contributed by atoms with Gasteiger partial charge in [-0.25, -0.2) is 0 Å². The van der Waals surface area contributed by atoms with E-state index >= 15 is 0 Å². The zero-order chi connectivity index (χ0) is 18.8. The van der Waals surface area contributed by atoms with Gasteiger partial charge in [0.15, 0.2) is 5.96 Å². The predicted molar refractivity (Wildman–Crippen MR) is 124 cm³/mol. The summed E-state index contributed by atoms with van der Waals surface area (Å²) in [4.78, 5) is 18.7. The number of aliphatic imine (C=N–C) groups is 1. The maximum atomic E-state index is 12.4. The zero-order valence-corrected chi connectivity index (χ0v) is 19.3. The van der Waals surface area contributed by atoms with Crippen LogP contribution in [-0.4, -0.2) is 43.4 Å². The number of hydrogen-bond donors (Lipinski definition) is 2. The summed E-state index contributed by atoms with van der Waals surface area (Å²) in [5.74, 6) is 1.81. The maximum Gasteiger partial charge on any atom is 0.222 e. The summed E-state index contributed by atoms with van der Waals surface area (Å²) >= 11 is 0. The van der Waals surface area contributed by atoms with Crippen LogP contribution in [0, 0.1) is 5.92 Å². The van der Waals surface area contributed by atoms with Crippen LogP contribution < -0.4 is 10.6 Å². The SMILES string of the molecule is CN=C(NCCCC(=O)N1CCc2ccccc2C1)NCCCC(C)C.I. The first kappa shape index (κ1) is 23.7. The second kappa shape index (κ2) is 13.0. The molecule has 1 aliphatic heterocycles. The average molecular weight is 486 g/mol. The van der Waals surface area contributed by atoms with Crippen LogP contribution in [0.25, 0.3) is 0 Å². The quantitative estimate of drug-likeness (QED) is 0.256. The summed E-state index contributed by atoms with van der Waals surface area (Å²) in [5.41, 5.74) is 2.67. The van der Waals surface area contributed by atoms with Crippen LogP contribution in [0.4, 0.5) is 0 Å². The number of carbonyl (C=O) groups is 1. The van der Waals surface area contributed by atoms with Crippen molar-refractivity contribution in [2.75, 3.05) is 26.7 Å². The van der Waals surface area contributed by atoms with Crippen LogP contribution in [0.2, 0.25) is 0 Å². The number of fused-ring (bicyclic) bond motifs is 1. The summed E-state index contributed by atoms with van der Waals surface area (Å²) in [7, 11) is 1.79. The van der Waals surface area contributed by atoms with Crippen LogP contribution in [-0.2, 0) is 17.8 Å². The molecular formula is C21H35IN4O. The fourth-order valence-corrected chi connectivity index (χ4v) is 3.25. The molecule has 0 atom stereocenters. The molecule has 1 amide bonds. The van der Waals surface area contributed by atoms with Crippen molar-refractivity contribution in [2.24, 2.45) is 10.9 Å². The number of halogens is 1. The Morgan fingerprint density at radius 2 is 1.81 bits per heavy atom. The molecule has 0 radical (unpaired) electrons. The van der Waals surface area contributed by atoms with E-state index in [0.717, 1.165) is 57.3 Å². The molecule has 1 aromatic carbocycles. The number of benzene rings is 1. The molecule has 0 saturated carbocycles. The first-order chi connectivity index (χ1) is 12.6. The Hall–Kier alpha value is -1.31. The highest BCUT2D eigenvalue weighted by molar-refractivity contribution is 14.0. The first-order valence-electron chi connectivity index (χ1n) is 9.89. The number of rotatable bonds is 8. The molecule has 0 unspecified atom stereocenters. The molecule has 0 fully saturated rings. The molecule has 152 valence electrons. The molecule has 0 saturated heterocycles. The van der Waals surface area contributed by atoms with Crippen molar-refractivity contribution in [3.8, 4) is 0 Å². The molecule has 2 rings (SSSR count). The van der Waals surface area contributed by atoms with Crippen LogP contribution in [0.5, 0.6) is 0 Å². The highest BCUT2D eigenvalue weighted by Gasteiger charge is 2.19. The zero-order valence-electron chi connectivity index (χ0n) is 17.0. The number of hydrogen-bond acceptors (Lipinski definition) is 2. The Bertz CT molecular complexity index is 604. The molecule has 0 aliphatic carbocycles. The van der Waals surface area contributed by atoms with Gasteiger partial charge in [0.1, 0.15) is 0 Å². The Kier molecular flexibility index (Phi) is 11.4. The highest BCUT2D eigenvalue weighted by atomic mass is 127. The van der Waals surface area contributed by atoms with E-state index in [2.05, 4.69) is 53.7 Å². The van der Waals surface area contributed by atoms with Crippen LogP contribution in [0.3, 0.4) is 0 Å².